The summed E-state index contributed by atoms with van der Waals surface area (Å²) in [6, 6.07) is 12.9. The molecule has 0 spiro atoms. The smallest absolute Gasteiger partial charge is 0.121 e. The van der Waals surface area contributed by atoms with Crippen LogP contribution in [0.5, 0.6) is 0 Å². The van der Waals surface area contributed by atoms with Crippen molar-refractivity contribution in [1.82, 2.24) is 8.75 Å². The van der Waals surface area contributed by atoms with E-state index in [2.05, 4.69) is 92.3 Å². The molecule has 3 aromatic rings. The molecule has 0 saturated carbocycles. The van der Waals surface area contributed by atoms with E-state index >= 15 is 0 Å². The van der Waals surface area contributed by atoms with Crippen LogP contribution in [0.25, 0.3) is 11.0 Å². The van der Waals surface area contributed by atoms with E-state index in [9.17, 15) is 0 Å². The fraction of sp³-hybridized carbons (Fsp3) is 0.462. The van der Waals surface area contributed by atoms with Gasteiger partial charge in [0.25, 0.3) is 0 Å². The lowest BCUT2D eigenvalue weighted by Crippen LogP contribution is -2.25. The van der Waals surface area contributed by atoms with Gasteiger partial charge in [-0.3, -0.25) is 0 Å². The van der Waals surface area contributed by atoms with E-state index in [1.807, 2.05) is 6.07 Å². The molecule has 0 aliphatic rings. The monoisotopic (exact) mass is 545 g/mol. The van der Waals surface area contributed by atoms with Gasteiger partial charge < -0.3 is 4.90 Å². The zero-order valence-electron chi connectivity index (χ0n) is 18.7. The molecule has 0 atom stereocenters. The van der Waals surface area contributed by atoms with Crippen molar-refractivity contribution in [3.63, 3.8) is 0 Å². The average molecular weight is 546 g/mol. The average Bonchev–Trinajstić information content (AvgIpc) is 3.29. The molecule has 164 valence electrons. The van der Waals surface area contributed by atoms with Crippen molar-refractivity contribution in [2.24, 2.45) is 0 Å². The molecule has 0 N–H and O–H groups in total. The Morgan fingerprint density at radius 2 is 1.42 bits per heavy atom. The van der Waals surface area contributed by atoms with Crippen LogP contribution in [0.1, 0.15) is 76.3 Å². The van der Waals surface area contributed by atoms with Crippen LogP contribution in [-0.2, 0) is 0 Å². The summed E-state index contributed by atoms with van der Waals surface area (Å²) in [6.07, 6.45) is 10.4. The van der Waals surface area contributed by atoms with Crippen LogP contribution in [0.4, 0.5) is 5.69 Å². The maximum Gasteiger partial charge on any atom is 0.121 e. The van der Waals surface area contributed by atoms with Crippen LogP contribution in [0.2, 0.25) is 0 Å². The van der Waals surface area contributed by atoms with Crippen LogP contribution >= 0.6 is 34.3 Å². The molecule has 0 aliphatic carbocycles. The second-order valence-electron chi connectivity index (χ2n) is 7.96. The summed E-state index contributed by atoms with van der Waals surface area (Å²) in [5.41, 5.74) is 5.16. The van der Waals surface area contributed by atoms with Gasteiger partial charge in [0.15, 0.2) is 0 Å². The Hall–Kier alpha value is -1.65. The summed E-state index contributed by atoms with van der Waals surface area (Å²) in [5.74, 6) is 6.61. The Labute approximate surface area is 205 Å². The van der Waals surface area contributed by atoms with Crippen molar-refractivity contribution >= 4 is 51.0 Å². The lowest BCUT2D eigenvalue weighted by molar-refractivity contribution is 0.609. The van der Waals surface area contributed by atoms with Crippen molar-refractivity contribution in [2.45, 2.75) is 65.2 Å². The molecule has 31 heavy (non-hydrogen) atoms. The highest BCUT2D eigenvalue weighted by atomic mass is 127. The molecule has 0 fully saturated rings. The number of aromatic nitrogens is 2. The van der Waals surface area contributed by atoms with E-state index in [0.29, 0.717) is 0 Å². The molecule has 0 saturated heterocycles. The normalized spacial score (nSPS) is 10.8. The van der Waals surface area contributed by atoms with Gasteiger partial charge >= 0.3 is 0 Å². The Bertz CT molecular complexity index is 989. The van der Waals surface area contributed by atoms with Gasteiger partial charge in [0.1, 0.15) is 11.0 Å². The molecular formula is C26H32IN3S. The SMILES string of the molecule is CCCCCCN(CCCCCC)c1ccc(C#Cc2ccc(I)c3nsnc23)cc1. The third-order valence-corrected chi connectivity index (χ3v) is 6.90. The number of hydrogen-bond acceptors (Lipinski definition) is 4. The Morgan fingerprint density at radius 1 is 0.774 bits per heavy atom. The zero-order chi connectivity index (χ0) is 21.9. The van der Waals surface area contributed by atoms with Crippen molar-refractivity contribution in [3.8, 4) is 11.8 Å². The zero-order valence-corrected chi connectivity index (χ0v) is 21.6. The van der Waals surface area contributed by atoms with E-state index in [1.165, 1.54) is 68.8 Å². The Kier molecular flexibility index (Phi) is 10.1. The standard InChI is InChI=1S/C26H32IN3S/c1-3-5-7-9-19-30(20-10-8-6-4-2)23-16-12-21(13-17-23)11-14-22-15-18-24(27)26-25(22)28-31-29-26/h12-13,15-18H,3-10,19-20H2,1-2H3. The van der Waals surface area contributed by atoms with E-state index in [-0.39, 0.29) is 0 Å². The molecule has 0 aliphatic heterocycles. The number of anilines is 1. The summed E-state index contributed by atoms with van der Waals surface area (Å²) in [7, 11) is 0. The number of nitrogens with zero attached hydrogens (tertiary/aromatic N) is 3. The highest BCUT2D eigenvalue weighted by Crippen LogP contribution is 2.22. The van der Waals surface area contributed by atoms with E-state index < -0.39 is 0 Å². The predicted molar refractivity (Wildman–Crippen MR) is 143 cm³/mol. The van der Waals surface area contributed by atoms with Crippen molar-refractivity contribution in [1.29, 1.82) is 0 Å². The van der Waals surface area contributed by atoms with Gasteiger partial charge in [0, 0.05) is 27.9 Å². The van der Waals surface area contributed by atoms with E-state index in [4.69, 9.17) is 0 Å². The first-order valence-electron chi connectivity index (χ1n) is 11.5. The first-order chi connectivity index (χ1) is 15.2. The third kappa shape index (κ3) is 7.18. The van der Waals surface area contributed by atoms with Crippen LogP contribution in [0.15, 0.2) is 36.4 Å². The van der Waals surface area contributed by atoms with Gasteiger partial charge in [0.05, 0.1) is 17.3 Å². The highest BCUT2D eigenvalue weighted by molar-refractivity contribution is 14.1. The first kappa shape index (κ1) is 24.0. The van der Waals surface area contributed by atoms with Crippen molar-refractivity contribution < 1.29 is 0 Å². The van der Waals surface area contributed by atoms with Crippen LogP contribution in [-0.4, -0.2) is 21.8 Å². The molecule has 0 radical (unpaired) electrons. The summed E-state index contributed by atoms with van der Waals surface area (Å²) in [5, 5.41) is 0. The maximum absolute atomic E-state index is 4.43. The first-order valence-corrected chi connectivity index (χ1v) is 13.3. The second kappa shape index (κ2) is 13.0. The van der Waals surface area contributed by atoms with Gasteiger partial charge in [-0.25, -0.2) is 0 Å². The van der Waals surface area contributed by atoms with Crippen LogP contribution in [0, 0.1) is 15.4 Å². The van der Waals surface area contributed by atoms with Crippen LogP contribution in [0.3, 0.4) is 0 Å². The predicted octanol–water partition coefficient (Wildman–Crippen LogP) is 7.66. The molecule has 5 heteroatoms. The summed E-state index contributed by atoms with van der Waals surface area (Å²) in [4.78, 5) is 2.56. The lowest BCUT2D eigenvalue weighted by atomic mass is 10.1. The Morgan fingerprint density at radius 3 is 2.06 bits per heavy atom. The van der Waals surface area contributed by atoms with Crippen molar-refractivity contribution in [3.05, 3.63) is 51.1 Å². The molecule has 3 nitrogen and oxygen atoms in total. The molecule has 0 amide bonds. The number of hydrogen-bond donors (Lipinski definition) is 0. The third-order valence-electron chi connectivity index (χ3n) is 5.50. The molecule has 0 unspecified atom stereocenters. The van der Waals surface area contributed by atoms with E-state index in [1.54, 1.807) is 0 Å². The summed E-state index contributed by atoms with van der Waals surface area (Å²) in [6.45, 7) is 6.84. The van der Waals surface area contributed by atoms with Gasteiger partial charge in [-0.2, -0.15) is 8.75 Å². The lowest BCUT2D eigenvalue weighted by Gasteiger charge is -2.25. The Balaban J connectivity index is 1.69. The number of benzene rings is 2. The molecule has 1 heterocycles. The molecule has 2 aromatic carbocycles. The van der Waals surface area contributed by atoms with Crippen LogP contribution < -0.4 is 4.90 Å². The second-order valence-corrected chi connectivity index (χ2v) is 9.65. The number of unbranched alkanes of at least 4 members (excludes halogenated alkanes) is 6. The topological polar surface area (TPSA) is 29.0 Å². The minimum absolute atomic E-state index is 0.909. The molecule has 1 aromatic heterocycles. The minimum atomic E-state index is 0.909. The van der Waals surface area contributed by atoms with Gasteiger partial charge in [-0.15, -0.1) is 0 Å². The molecular weight excluding hydrogens is 513 g/mol. The largest absolute Gasteiger partial charge is 0.372 e. The van der Waals surface area contributed by atoms with Crippen molar-refractivity contribution in [2.75, 3.05) is 18.0 Å². The van der Waals surface area contributed by atoms with Gasteiger partial charge in [-0.1, -0.05) is 64.2 Å². The highest BCUT2D eigenvalue weighted by Gasteiger charge is 2.08. The number of fused-ring (bicyclic) bond motifs is 1. The fourth-order valence-corrected chi connectivity index (χ4v) is 4.95. The van der Waals surface area contributed by atoms with E-state index in [0.717, 1.165) is 38.8 Å². The maximum atomic E-state index is 4.43. The van der Waals surface area contributed by atoms with Gasteiger partial charge in [0.2, 0.25) is 0 Å². The summed E-state index contributed by atoms with van der Waals surface area (Å²) < 4.78 is 9.94. The quantitative estimate of drug-likeness (QED) is 0.141. The fourth-order valence-electron chi connectivity index (χ4n) is 3.66. The molecule has 0 bridgehead atoms. The summed E-state index contributed by atoms with van der Waals surface area (Å²) >= 11 is 3.55. The molecule has 3 rings (SSSR count). The number of halogens is 1. The van der Waals surface area contributed by atoms with Gasteiger partial charge in [-0.05, 0) is 71.8 Å². The minimum Gasteiger partial charge on any atom is -0.372 e. The number of rotatable bonds is 11.